The van der Waals surface area contributed by atoms with Crippen LogP contribution in [0.25, 0.3) is 10.9 Å². The van der Waals surface area contributed by atoms with Gasteiger partial charge in [-0.05, 0) is 37.3 Å². The summed E-state index contributed by atoms with van der Waals surface area (Å²) in [5.41, 5.74) is 7.82. The van der Waals surface area contributed by atoms with E-state index in [-0.39, 0.29) is 29.9 Å². The molecule has 5 N–H and O–H groups in total. The standard InChI is InChI=1S/C20H30N6O.HI/c1-22-20(25-16-8-11-26(12-9-16)14-19(21)27)23-10-4-5-15-13-24-18-7-3-2-6-17(15)18;/h2-3,6-7,13,16,24H,4-5,8-12,14H2,1H3,(H2,21,27)(H2,22,23,25);1H. The molecular weight excluding hydrogens is 467 g/mol. The molecule has 0 atom stereocenters. The van der Waals surface area contributed by atoms with E-state index < -0.39 is 0 Å². The number of piperidine rings is 1. The summed E-state index contributed by atoms with van der Waals surface area (Å²) < 4.78 is 0. The summed E-state index contributed by atoms with van der Waals surface area (Å²) in [5.74, 6) is 0.594. The molecule has 2 aromatic rings. The summed E-state index contributed by atoms with van der Waals surface area (Å²) in [5, 5.41) is 8.21. The van der Waals surface area contributed by atoms with Crippen molar-refractivity contribution in [3.8, 4) is 0 Å². The van der Waals surface area contributed by atoms with Crippen LogP contribution in [0, 0.1) is 0 Å². The molecule has 0 spiro atoms. The highest BCUT2D eigenvalue weighted by Crippen LogP contribution is 2.18. The molecule has 1 amide bonds. The van der Waals surface area contributed by atoms with E-state index in [0.29, 0.717) is 12.6 Å². The molecule has 0 aliphatic carbocycles. The summed E-state index contributed by atoms with van der Waals surface area (Å²) in [6, 6.07) is 8.79. The number of fused-ring (bicyclic) bond motifs is 1. The first-order valence-corrected chi connectivity index (χ1v) is 9.68. The average Bonchev–Trinajstić information content (AvgIpc) is 3.08. The quantitative estimate of drug-likeness (QED) is 0.203. The van der Waals surface area contributed by atoms with Gasteiger partial charge in [0.25, 0.3) is 0 Å². The number of hydrogen-bond acceptors (Lipinski definition) is 3. The smallest absolute Gasteiger partial charge is 0.231 e. The van der Waals surface area contributed by atoms with Gasteiger partial charge in [0.2, 0.25) is 5.91 Å². The number of nitrogens with zero attached hydrogens (tertiary/aromatic N) is 2. The molecule has 1 aliphatic heterocycles. The van der Waals surface area contributed by atoms with Crippen LogP contribution in [0.4, 0.5) is 0 Å². The van der Waals surface area contributed by atoms with Gasteiger partial charge in [-0.25, -0.2) is 0 Å². The van der Waals surface area contributed by atoms with Gasteiger partial charge >= 0.3 is 0 Å². The number of H-pyrrole nitrogens is 1. The number of likely N-dealkylation sites (tertiary alicyclic amines) is 1. The van der Waals surface area contributed by atoms with Gasteiger partial charge in [-0.1, -0.05) is 18.2 Å². The van der Waals surface area contributed by atoms with Gasteiger partial charge in [-0.2, -0.15) is 0 Å². The first-order chi connectivity index (χ1) is 13.2. The monoisotopic (exact) mass is 498 g/mol. The fourth-order valence-corrected chi connectivity index (χ4v) is 3.67. The van der Waals surface area contributed by atoms with Gasteiger partial charge in [-0.3, -0.25) is 14.7 Å². The van der Waals surface area contributed by atoms with Crippen molar-refractivity contribution in [2.45, 2.75) is 31.7 Å². The molecule has 0 radical (unpaired) electrons. The van der Waals surface area contributed by atoms with E-state index in [2.05, 4.69) is 56.0 Å². The molecule has 1 aliphatic rings. The number of carbonyl (C=O) groups excluding carboxylic acids is 1. The first-order valence-electron chi connectivity index (χ1n) is 9.68. The Morgan fingerprint density at radius 1 is 1.32 bits per heavy atom. The van der Waals surface area contributed by atoms with Crippen molar-refractivity contribution >= 4 is 46.7 Å². The Kier molecular flexibility index (Phi) is 9.04. The Morgan fingerprint density at radius 3 is 2.79 bits per heavy atom. The van der Waals surface area contributed by atoms with Gasteiger partial charge in [0.15, 0.2) is 5.96 Å². The summed E-state index contributed by atoms with van der Waals surface area (Å²) >= 11 is 0. The van der Waals surface area contributed by atoms with Crippen LogP contribution in [0.15, 0.2) is 35.5 Å². The normalized spacial score (nSPS) is 16.0. The maximum Gasteiger partial charge on any atom is 0.231 e. The van der Waals surface area contributed by atoms with Gasteiger partial charge in [0.05, 0.1) is 6.54 Å². The molecule has 3 rings (SSSR count). The van der Waals surface area contributed by atoms with Crippen molar-refractivity contribution < 1.29 is 4.79 Å². The number of guanidine groups is 1. The number of aryl methyl sites for hydroxylation is 1. The molecule has 8 heteroatoms. The molecule has 2 heterocycles. The zero-order chi connectivity index (χ0) is 19.1. The van der Waals surface area contributed by atoms with E-state index in [9.17, 15) is 4.79 Å². The highest BCUT2D eigenvalue weighted by Gasteiger charge is 2.20. The minimum Gasteiger partial charge on any atom is -0.369 e. The molecule has 7 nitrogen and oxygen atoms in total. The van der Waals surface area contributed by atoms with Crippen LogP contribution in [0.5, 0.6) is 0 Å². The van der Waals surface area contributed by atoms with Crippen LogP contribution in [-0.4, -0.2) is 61.0 Å². The van der Waals surface area contributed by atoms with E-state index in [4.69, 9.17) is 5.73 Å². The van der Waals surface area contributed by atoms with Gasteiger partial charge in [0.1, 0.15) is 0 Å². The van der Waals surface area contributed by atoms with Crippen molar-refractivity contribution in [2.75, 3.05) is 33.2 Å². The fraction of sp³-hybridized carbons (Fsp3) is 0.500. The molecule has 1 fully saturated rings. The number of aliphatic imine (C=N–C) groups is 1. The minimum atomic E-state index is -0.255. The van der Waals surface area contributed by atoms with Gasteiger partial charge in [0, 0.05) is 49.8 Å². The summed E-state index contributed by atoms with van der Waals surface area (Å²) in [7, 11) is 1.80. The molecule has 28 heavy (non-hydrogen) atoms. The zero-order valence-corrected chi connectivity index (χ0v) is 18.7. The lowest BCUT2D eigenvalue weighted by Crippen LogP contribution is -2.49. The lowest BCUT2D eigenvalue weighted by Gasteiger charge is -2.32. The van der Waals surface area contributed by atoms with Crippen molar-refractivity contribution in [1.82, 2.24) is 20.5 Å². The van der Waals surface area contributed by atoms with E-state index in [1.807, 2.05) is 0 Å². The number of primary amides is 1. The highest BCUT2D eigenvalue weighted by atomic mass is 127. The van der Waals surface area contributed by atoms with Crippen LogP contribution < -0.4 is 16.4 Å². The number of benzene rings is 1. The second-order valence-corrected chi connectivity index (χ2v) is 7.12. The third-order valence-electron chi connectivity index (χ3n) is 5.12. The van der Waals surface area contributed by atoms with Crippen molar-refractivity contribution in [3.63, 3.8) is 0 Å². The molecule has 0 saturated carbocycles. The Labute approximate surface area is 183 Å². The van der Waals surface area contributed by atoms with E-state index in [0.717, 1.165) is 51.3 Å². The second kappa shape index (κ2) is 11.3. The number of hydrogen-bond donors (Lipinski definition) is 4. The number of nitrogens with two attached hydrogens (primary N) is 1. The second-order valence-electron chi connectivity index (χ2n) is 7.12. The van der Waals surface area contributed by atoms with E-state index >= 15 is 0 Å². The predicted molar refractivity (Wildman–Crippen MR) is 125 cm³/mol. The zero-order valence-electron chi connectivity index (χ0n) is 16.4. The van der Waals surface area contributed by atoms with Gasteiger partial charge < -0.3 is 21.4 Å². The number of halogens is 1. The topological polar surface area (TPSA) is 98.5 Å². The molecule has 0 bridgehead atoms. The largest absolute Gasteiger partial charge is 0.369 e. The minimum absolute atomic E-state index is 0. The summed E-state index contributed by atoms with van der Waals surface area (Å²) in [4.78, 5) is 20.8. The number of rotatable bonds is 7. The third kappa shape index (κ3) is 6.37. The fourth-order valence-electron chi connectivity index (χ4n) is 3.67. The number of carbonyl (C=O) groups is 1. The van der Waals surface area contributed by atoms with Crippen LogP contribution in [0.1, 0.15) is 24.8 Å². The van der Waals surface area contributed by atoms with E-state index in [1.165, 1.54) is 16.5 Å². The highest BCUT2D eigenvalue weighted by molar-refractivity contribution is 14.0. The van der Waals surface area contributed by atoms with Crippen molar-refractivity contribution in [1.29, 1.82) is 0 Å². The molecule has 1 aromatic heterocycles. The number of para-hydroxylation sites is 1. The SMILES string of the molecule is CN=C(NCCCc1c[nH]c2ccccc12)NC1CCN(CC(N)=O)CC1.I. The number of aromatic nitrogens is 1. The number of amides is 1. The number of nitrogens with one attached hydrogen (secondary N) is 3. The van der Waals surface area contributed by atoms with Crippen molar-refractivity contribution in [3.05, 3.63) is 36.0 Å². The Balaban J connectivity index is 0.00000280. The van der Waals surface area contributed by atoms with Crippen LogP contribution in [0.2, 0.25) is 0 Å². The Bertz CT molecular complexity index is 782. The van der Waals surface area contributed by atoms with E-state index in [1.54, 1.807) is 7.05 Å². The lowest BCUT2D eigenvalue weighted by atomic mass is 10.1. The summed E-state index contributed by atoms with van der Waals surface area (Å²) in [6.45, 7) is 3.00. The number of aromatic amines is 1. The molecule has 154 valence electrons. The molecular formula is C20H31IN6O. The van der Waals surface area contributed by atoms with Crippen LogP contribution >= 0.6 is 24.0 Å². The molecule has 1 saturated heterocycles. The van der Waals surface area contributed by atoms with Gasteiger partial charge in [-0.15, -0.1) is 24.0 Å². The van der Waals surface area contributed by atoms with Crippen LogP contribution in [-0.2, 0) is 11.2 Å². The molecule has 1 aromatic carbocycles. The summed E-state index contributed by atoms with van der Waals surface area (Å²) in [6.07, 6.45) is 6.16. The maximum atomic E-state index is 11.0. The average molecular weight is 498 g/mol. The molecule has 0 unspecified atom stereocenters. The Hall–Kier alpha value is -1.81. The maximum absolute atomic E-state index is 11.0. The van der Waals surface area contributed by atoms with Crippen molar-refractivity contribution in [2.24, 2.45) is 10.7 Å². The van der Waals surface area contributed by atoms with Crippen LogP contribution in [0.3, 0.4) is 0 Å². The lowest BCUT2D eigenvalue weighted by molar-refractivity contribution is -0.119. The first kappa shape index (κ1) is 22.5. The third-order valence-corrected chi connectivity index (χ3v) is 5.12. The predicted octanol–water partition coefficient (Wildman–Crippen LogP) is 1.83. The Morgan fingerprint density at radius 2 is 2.07 bits per heavy atom.